The molecule has 2 heterocycles. The van der Waals surface area contributed by atoms with Gasteiger partial charge in [-0.1, -0.05) is 24.3 Å². The van der Waals surface area contributed by atoms with Crippen LogP contribution >= 0.6 is 0 Å². The number of benzene rings is 2. The van der Waals surface area contributed by atoms with Crippen LogP contribution < -0.4 is 4.90 Å². The highest BCUT2D eigenvalue weighted by atomic mass is 16.6. The lowest BCUT2D eigenvalue weighted by Crippen LogP contribution is -2.44. The zero-order chi connectivity index (χ0) is 23.0. The molecule has 0 radical (unpaired) electrons. The second-order valence-corrected chi connectivity index (χ2v) is 7.51. The standard InChI is InChI=1S/C22H19N3O7/c1-13(20(27)23-11-5-7-14-6-2-3-9-16(14)23)32-18(26)12-24-21(28)15-8-4-10-17(25(30)31)19(15)22(24)29/h2-4,6,8-10,13H,5,7,11-12H2,1H3. The van der Waals surface area contributed by atoms with Gasteiger partial charge in [-0.15, -0.1) is 0 Å². The number of hydrogen-bond donors (Lipinski definition) is 0. The number of fused-ring (bicyclic) bond motifs is 2. The lowest BCUT2D eigenvalue weighted by Gasteiger charge is -2.31. The first-order valence-corrected chi connectivity index (χ1v) is 10.0. The van der Waals surface area contributed by atoms with E-state index in [1.807, 2.05) is 24.3 Å². The predicted octanol–water partition coefficient (Wildman–Crippen LogP) is 2.10. The van der Waals surface area contributed by atoms with E-state index < -0.39 is 47.0 Å². The minimum Gasteiger partial charge on any atom is -0.451 e. The van der Waals surface area contributed by atoms with Crippen molar-refractivity contribution in [3.05, 3.63) is 69.3 Å². The van der Waals surface area contributed by atoms with E-state index in [-0.39, 0.29) is 11.1 Å². The van der Waals surface area contributed by atoms with Gasteiger partial charge in [-0.2, -0.15) is 0 Å². The Balaban J connectivity index is 1.45. The first kappa shape index (κ1) is 21.2. The average Bonchev–Trinajstić information content (AvgIpc) is 3.02. The first-order valence-electron chi connectivity index (χ1n) is 10.0. The van der Waals surface area contributed by atoms with Crippen LogP contribution in [-0.2, 0) is 20.7 Å². The van der Waals surface area contributed by atoms with Crippen LogP contribution in [0.15, 0.2) is 42.5 Å². The highest BCUT2D eigenvalue weighted by Crippen LogP contribution is 2.31. The molecule has 1 atom stereocenters. The Bertz CT molecular complexity index is 1160. The molecule has 0 bridgehead atoms. The van der Waals surface area contributed by atoms with Crippen molar-refractivity contribution in [3.63, 3.8) is 0 Å². The second-order valence-electron chi connectivity index (χ2n) is 7.51. The molecule has 0 saturated carbocycles. The summed E-state index contributed by atoms with van der Waals surface area (Å²) in [4.78, 5) is 63.0. The van der Waals surface area contributed by atoms with Crippen LogP contribution in [0, 0.1) is 10.1 Å². The summed E-state index contributed by atoms with van der Waals surface area (Å²) in [6.45, 7) is 1.15. The normalized spacial score (nSPS) is 15.8. The molecule has 0 spiro atoms. The zero-order valence-corrected chi connectivity index (χ0v) is 17.1. The summed E-state index contributed by atoms with van der Waals surface area (Å²) in [6, 6.07) is 11.2. The maximum absolute atomic E-state index is 12.9. The molecule has 2 aliphatic rings. The third-order valence-electron chi connectivity index (χ3n) is 5.49. The van der Waals surface area contributed by atoms with Gasteiger partial charge in [0.2, 0.25) is 0 Å². The number of rotatable bonds is 5. The molecule has 4 rings (SSSR count). The first-order chi connectivity index (χ1) is 15.3. The number of para-hydroxylation sites is 1. The van der Waals surface area contributed by atoms with Crippen LogP contribution in [0.25, 0.3) is 0 Å². The summed E-state index contributed by atoms with van der Waals surface area (Å²) >= 11 is 0. The van der Waals surface area contributed by atoms with Gasteiger partial charge >= 0.3 is 5.97 Å². The lowest BCUT2D eigenvalue weighted by atomic mass is 10.0. The third-order valence-corrected chi connectivity index (χ3v) is 5.49. The molecule has 1 unspecified atom stereocenters. The third kappa shape index (κ3) is 3.59. The van der Waals surface area contributed by atoms with E-state index in [9.17, 15) is 29.3 Å². The Labute approximate surface area is 182 Å². The highest BCUT2D eigenvalue weighted by molar-refractivity contribution is 6.24. The number of nitro groups is 1. The fourth-order valence-corrected chi connectivity index (χ4v) is 4.01. The largest absolute Gasteiger partial charge is 0.451 e. The molecule has 0 saturated heterocycles. The quantitative estimate of drug-likeness (QED) is 0.303. The summed E-state index contributed by atoms with van der Waals surface area (Å²) in [5.74, 6) is -3.15. The molecule has 2 aromatic carbocycles. The SMILES string of the molecule is CC(OC(=O)CN1C(=O)c2cccc([N+](=O)[O-])c2C1=O)C(=O)N1CCCc2ccccc21. The van der Waals surface area contributed by atoms with Gasteiger partial charge < -0.3 is 9.64 Å². The van der Waals surface area contributed by atoms with Crippen molar-refractivity contribution in [1.82, 2.24) is 4.90 Å². The number of aryl methyl sites for hydroxylation is 1. The molecule has 10 nitrogen and oxygen atoms in total. The summed E-state index contributed by atoms with van der Waals surface area (Å²) < 4.78 is 5.21. The molecule has 0 aliphatic carbocycles. The Morgan fingerprint density at radius 3 is 2.62 bits per heavy atom. The highest BCUT2D eigenvalue weighted by Gasteiger charge is 2.42. The Morgan fingerprint density at radius 2 is 1.88 bits per heavy atom. The lowest BCUT2D eigenvalue weighted by molar-refractivity contribution is -0.385. The van der Waals surface area contributed by atoms with Gasteiger partial charge in [0.15, 0.2) is 6.10 Å². The molecule has 3 amide bonds. The van der Waals surface area contributed by atoms with Crippen molar-refractivity contribution in [2.45, 2.75) is 25.9 Å². The Morgan fingerprint density at radius 1 is 1.12 bits per heavy atom. The van der Waals surface area contributed by atoms with Gasteiger partial charge in [-0.3, -0.25) is 34.2 Å². The van der Waals surface area contributed by atoms with Gasteiger partial charge in [-0.25, -0.2) is 0 Å². The molecular weight excluding hydrogens is 418 g/mol. The van der Waals surface area contributed by atoms with Crippen molar-refractivity contribution < 1.29 is 28.8 Å². The molecule has 10 heteroatoms. The average molecular weight is 437 g/mol. The van der Waals surface area contributed by atoms with Crippen molar-refractivity contribution >= 4 is 35.1 Å². The van der Waals surface area contributed by atoms with Crippen molar-refractivity contribution in [2.75, 3.05) is 18.0 Å². The summed E-state index contributed by atoms with van der Waals surface area (Å²) in [7, 11) is 0. The van der Waals surface area contributed by atoms with E-state index in [0.29, 0.717) is 11.4 Å². The number of hydrogen-bond acceptors (Lipinski definition) is 7. The number of anilines is 1. The summed E-state index contributed by atoms with van der Waals surface area (Å²) in [5.41, 5.74) is 0.775. The van der Waals surface area contributed by atoms with E-state index in [1.54, 1.807) is 4.90 Å². The molecule has 0 fully saturated rings. The number of nitro benzene ring substituents is 1. The minimum absolute atomic E-state index is 0.147. The van der Waals surface area contributed by atoms with Gasteiger partial charge in [0.05, 0.1) is 10.5 Å². The summed E-state index contributed by atoms with van der Waals surface area (Å²) in [6.07, 6.45) is 0.482. The van der Waals surface area contributed by atoms with Crippen LogP contribution in [0.5, 0.6) is 0 Å². The molecular formula is C22H19N3O7. The van der Waals surface area contributed by atoms with Crippen LogP contribution in [-0.4, -0.2) is 52.7 Å². The van der Waals surface area contributed by atoms with Gasteiger partial charge in [0.25, 0.3) is 23.4 Å². The zero-order valence-electron chi connectivity index (χ0n) is 17.1. The van der Waals surface area contributed by atoms with E-state index in [2.05, 4.69) is 0 Å². The van der Waals surface area contributed by atoms with Crippen LogP contribution in [0.4, 0.5) is 11.4 Å². The Hall–Kier alpha value is -4.08. The molecule has 0 aromatic heterocycles. The second kappa shape index (κ2) is 8.22. The number of carbonyl (C=O) groups is 4. The molecule has 2 aromatic rings. The maximum Gasteiger partial charge on any atom is 0.326 e. The van der Waals surface area contributed by atoms with Crippen molar-refractivity contribution in [3.8, 4) is 0 Å². The van der Waals surface area contributed by atoms with Crippen LogP contribution in [0.3, 0.4) is 0 Å². The monoisotopic (exact) mass is 437 g/mol. The number of carbonyl (C=O) groups excluding carboxylic acids is 4. The topological polar surface area (TPSA) is 127 Å². The molecule has 32 heavy (non-hydrogen) atoms. The van der Waals surface area contributed by atoms with Crippen LogP contribution in [0.2, 0.25) is 0 Å². The number of imide groups is 1. The van der Waals surface area contributed by atoms with Crippen molar-refractivity contribution in [1.29, 1.82) is 0 Å². The predicted molar refractivity (Wildman–Crippen MR) is 111 cm³/mol. The van der Waals surface area contributed by atoms with Crippen LogP contribution in [0.1, 0.15) is 39.6 Å². The number of ether oxygens (including phenoxy) is 1. The Kier molecular flexibility index (Phi) is 5.43. The van der Waals surface area contributed by atoms with E-state index in [4.69, 9.17) is 4.74 Å². The van der Waals surface area contributed by atoms with E-state index >= 15 is 0 Å². The fraction of sp³-hybridized carbons (Fsp3) is 0.273. The maximum atomic E-state index is 12.9. The summed E-state index contributed by atoms with van der Waals surface area (Å²) in [5, 5.41) is 11.2. The van der Waals surface area contributed by atoms with E-state index in [0.717, 1.165) is 30.2 Å². The number of esters is 1. The van der Waals surface area contributed by atoms with Crippen molar-refractivity contribution in [2.24, 2.45) is 0 Å². The fourth-order valence-electron chi connectivity index (χ4n) is 4.01. The smallest absolute Gasteiger partial charge is 0.326 e. The number of nitrogens with zero attached hydrogens (tertiary/aromatic N) is 3. The molecule has 2 aliphatic heterocycles. The minimum atomic E-state index is -1.14. The van der Waals surface area contributed by atoms with Gasteiger partial charge in [0.1, 0.15) is 12.1 Å². The number of amides is 3. The van der Waals surface area contributed by atoms with E-state index in [1.165, 1.54) is 19.1 Å². The van der Waals surface area contributed by atoms with Gasteiger partial charge in [0, 0.05) is 18.3 Å². The molecule has 0 N–H and O–H groups in total. The molecule has 164 valence electrons. The van der Waals surface area contributed by atoms with Gasteiger partial charge in [-0.05, 0) is 37.5 Å².